The molecule has 0 atom stereocenters. The van der Waals surface area contributed by atoms with Gasteiger partial charge in [-0.3, -0.25) is 0 Å². The molecule has 0 aliphatic heterocycles. The van der Waals surface area contributed by atoms with Gasteiger partial charge in [0, 0.05) is 11.7 Å². The van der Waals surface area contributed by atoms with E-state index in [4.69, 9.17) is 4.74 Å². The predicted octanol–water partition coefficient (Wildman–Crippen LogP) is 3.00. The van der Waals surface area contributed by atoms with Crippen LogP contribution >= 0.6 is 0 Å². The third-order valence-corrected chi connectivity index (χ3v) is 3.66. The van der Waals surface area contributed by atoms with Crippen molar-refractivity contribution in [1.29, 1.82) is 0 Å². The molecular weight excluding hydrogens is 228 g/mol. The molecule has 0 unspecified atom stereocenters. The Morgan fingerprint density at radius 3 is 2.67 bits per heavy atom. The predicted molar refractivity (Wildman–Crippen MR) is 70.7 cm³/mol. The second kappa shape index (κ2) is 5.38. The Kier molecular flexibility index (Phi) is 3.84. The molecule has 0 aromatic carbocycles. The van der Waals surface area contributed by atoms with Crippen molar-refractivity contribution >= 4 is 11.8 Å². The normalized spacial score (nSPS) is 16.8. The number of nitrogens with one attached hydrogen (secondary N) is 1. The molecule has 4 nitrogen and oxygen atoms in total. The van der Waals surface area contributed by atoms with Gasteiger partial charge in [0.25, 0.3) is 0 Å². The second-order valence-electron chi connectivity index (χ2n) is 4.77. The van der Waals surface area contributed by atoms with Crippen LogP contribution < -0.4 is 5.32 Å². The molecule has 0 bridgehead atoms. The minimum atomic E-state index is -0.314. The summed E-state index contributed by atoms with van der Waals surface area (Å²) >= 11 is 0. The summed E-state index contributed by atoms with van der Waals surface area (Å²) in [5.74, 6) is 0.523. The Morgan fingerprint density at radius 2 is 2.22 bits per heavy atom. The van der Waals surface area contributed by atoms with Gasteiger partial charge < -0.3 is 10.1 Å². The SMILES string of the molecule is CCOC(=O)c1ccc(NC2(CC)CCC2)nc1. The average Bonchev–Trinajstić information content (AvgIpc) is 2.35. The van der Waals surface area contributed by atoms with Gasteiger partial charge in [0.15, 0.2) is 0 Å². The maximum absolute atomic E-state index is 11.5. The Bertz CT molecular complexity index is 405. The van der Waals surface area contributed by atoms with Crippen molar-refractivity contribution in [2.75, 3.05) is 11.9 Å². The molecule has 0 amide bonds. The van der Waals surface area contributed by atoms with E-state index < -0.39 is 0 Å². The quantitative estimate of drug-likeness (QED) is 0.814. The molecule has 1 heterocycles. The standard InChI is InChI=1S/C14H20N2O2/c1-3-14(8-5-9-14)16-12-7-6-11(10-15-12)13(17)18-4-2/h6-7,10H,3-5,8-9H2,1-2H3,(H,15,16). The van der Waals surface area contributed by atoms with Gasteiger partial charge in [-0.1, -0.05) is 6.92 Å². The molecular formula is C14H20N2O2. The molecule has 1 aliphatic rings. The van der Waals surface area contributed by atoms with Crippen molar-refractivity contribution in [2.24, 2.45) is 0 Å². The van der Waals surface area contributed by atoms with E-state index in [0.29, 0.717) is 12.2 Å². The molecule has 1 N–H and O–H groups in total. The van der Waals surface area contributed by atoms with E-state index in [2.05, 4.69) is 17.2 Å². The third kappa shape index (κ3) is 2.63. The van der Waals surface area contributed by atoms with Crippen molar-refractivity contribution in [2.45, 2.75) is 45.1 Å². The van der Waals surface area contributed by atoms with Gasteiger partial charge >= 0.3 is 5.97 Å². The molecule has 2 rings (SSSR count). The molecule has 0 spiro atoms. The van der Waals surface area contributed by atoms with E-state index in [0.717, 1.165) is 12.2 Å². The molecule has 1 aromatic heterocycles. The number of aromatic nitrogens is 1. The highest BCUT2D eigenvalue weighted by Crippen LogP contribution is 2.37. The van der Waals surface area contributed by atoms with Crippen molar-refractivity contribution < 1.29 is 9.53 Å². The van der Waals surface area contributed by atoms with Crippen LogP contribution in [-0.4, -0.2) is 23.1 Å². The van der Waals surface area contributed by atoms with Crippen molar-refractivity contribution in [1.82, 2.24) is 4.98 Å². The van der Waals surface area contributed by atoms with Gasteiger partial charge in [-0.05, 0) is 44.7 Å². The van der Waals surface area contributed by atoms with E-state index in [1.807, 2.05) is 6.07 Å². The fraction of sp³-hybridized carbons (Fsp3) is 0.571. The number of rotatable bonds is 5. The summed E-state index contributed by atoms with van der Waals surface area (Å²) in [7, 11) is 0. The highest BCUT2D eigenvalue weighted by Gasteiger charge is 2.35. The molecule has 0 radical (unpaired) electrons. The second-order valence-corrected chi connectivity index (χ2v) is 4.77. The highest BCUT2D eigenvalue weighted by molar-refractivity contribution is 5.89. The summed E-state index contributed by atoms with van der Waals surface area (Å²) in [6.45, 7) is 4.37. The lowest BCUT2D eigenvalue weighted by Crippen LogP contribution is -2.44. The first-order valence-electron chi connectivity index (χ1n) is 6.60. The van der Waals surface area contributed by atoms with Crippen LogP contribution in [0.1, 0.15) is 49.9 Å². The first-order valence-corrected chi connectivity index (χ1v) is 6.60. The van der Waals surface area contributed by atoms with Gasteiger partial charge in [-0.25, -0.2) is 9.78 Å². The maximum Gasteiger partial charge on any atom is 0.339 e. The van der Waals surface area contributed by atoms with E-state index in [-0.39, 0.29) is 11.5 Å². The third-order valence-electron chi connectivity index (χ3n) is 3.66. The molecule has 1 saturated carbocycles. The van der Waals surface area contributed by atoms with Gasteiger partial charge in [-0.2, -0.15) is 0 Å². The zero-order valence-electron chi connectivity index (χ0n) is 11.0. The fourth-order valence-electron chi connectivity index (χ4n) is 2.25. The minimum absolute atomic E-state index is 0.221. The Morgan fingerprint density at radius 1 is 1.44 bits per heavy atom. The number of nitrogens with zero attached hydrogens (tertiary/aromatic N) is 1. The smallest absolute Gasteiger partial charge is 0.339 e. The van der Waals surface area contributed by atoms with Gasteiger partial charge in [0.2, 0.25) is 0 Å². The zero-order chi connectivity index (χ0) is 13.0. The molecule has 1 aromatic rings. The van der Waals surface area contributed by atoms with E-state index in [9.17, 15) is 4.79 Å². The number of pyridine rings is 1. The Balaban J connectivity index is 2.01. The molecule has 18 heavy (non-hydrogen) atoms. The summed E-state index contributed by atoms with van der Waals surface area (Å²) in [4.78, 5) is 15.8. The van der Waals surface area contributed by atoms with Crippen LogP contribution in [0.5, 0.6) is 0 Å². The van der Waals surface area contributed by atoms with Crippen LogP contribution in [0.25, 0.3) is 0 Å². The van der Waals surface area contributed by atoms with Crippen LogP contribution in [-0.2, 0) is 4.74 Å². The van der Waals surface area contributed by atoms with Gasteiger partial charge in [0.05, 0.1) is 12.2 Å². The summed E-state index contributed by atoms with van der Waals surface area (Å²) in [6.07, 6.45) is 6.36. The number of esters is 1. The summed E-state index contributed by atoms with van der Waals surface area (Å²) in [6, 6.07) is 3.61. The first kappa shape index (κ1) is 12.9. The number of carbonyl (C=O) groups excluding carboxylic acids is 1. The Hall–Kier alpha value is -1.58. The lowest BCUT2D eigenvalue weighted by atomic mass is 9.75. The number of hydrogen-bond acceptors (Lipinski definition) is 4. The molecule has 4 heteroatoms. The first-order chi connectivity index (χ1) is 8.69. The molecule has 1 fully saturated rings. The van der Waals surface area contributed by atoms with Crippen LogP contribution in [0.15, 0.2) is 18.3 Å². The van der Waals surface area contributed by atoms with E-state index in [1.54, 1.807) is 19.2 Å². The highest BCUT2D eigenvalue weighted by atomic mass is 16.5. The molecule has 98 valence electrons. The lowest BCUT2D eigenvalue weighted by Gasteiger charge is -2.42. The van der Waals surface area contributed by atoms with Crippen LogP contribution in [0.4, 0.5) is 5.82 Å². The fourth-order valence-corrected chi connectivity index (χ4v) is 2.25. The van der Waals surface area contributed by atoms with Crippen LogP contribution in [0, 0.1) is 0 Å². The largest absolute Gasteiger partial charge is 0.462 e. The number of carbonyl (C=O) groups is 1. The van der Waals surface area contributed by atoms with E-state index in [1.165, 1.54) is 19.3 Å². The van der Waals surface area contributed by atoms with E-state index >= 15 is 0 Å². The monoisotopic (exact) mass is 248 g/mol. The molecule has 1 aliphatic carbocycles. The number of hydrogen-bond donors (Lipinski definition) is 1. The topological polar surface area (TPSA) is 51.2 Å². The summed E-state index contributed by atoms with van der Waals surface area (Å²) < 4.78 is 4.92. The minimum Gasteiger partial charge on any atom is -0.462 e. The van der Waals surface area contributed by atoms with Crippen molar-refractivity contribution in [3.63, 3.8) is 0 Å². The maximum atomic E-state index is 11.5. The van der Waals surface area contributed by atoms with Crippen LogP contribution in [0.2, 0.25) is 0 Å². The van der Waals surface area contributed by atoms with Gasteiger partial charge in [-0.15, -0.1) is 0 Å². The summed E-state index contributed by atoms with van der Waals surface area (Å²) in [5, 5.41) is 3.48. The van der Waals surface area contributed by atoms with Gasteiger partial charge in [0.1, 0.15) is 5.82 Å². The number of ether oxygens (including phenoxy) is 1. The zero-order valence-corrected chi connectivity index (χ0v) is 11.0. The van der Waals surface area contributed by atoms with Crippen LogP contribution in [0.3, 0.4) is 0 Å². The number of anilines is 1. The molecule has 0 saturated heterocycles. The lowest BCUT2D eigenvalue weighted by molar-refractivity contribution is 0.0526. The van der Waals surface area contributed by atoms with Crippen molar-refractivity contribution in [3.05, 3.63) is 23.9 Å². The van der Waals surface area contributed by atoms with Crippen molar-refractivity contribution in [3.8, 4) is 0 Å². The average molecular weight is 248 g/mol. The summed E-state index contributed by atoms with van der Waals surface area (Å²) in [5.41, 5.74) is 0.722. The Labute approximate surface area is 108 Å².